The lowest BCUT2D eigenvalue weighted by molar-refractivity contribution is -0.147. The summed E-state index contributed by atoms with van der Waals surface area (Å²) in [4.78, 5) is 17.8. The van der Waals surface area contributed by atoms with Crippen LogP contribution in [0.2, 0.25) is 0 Å². The molecule has 2 saturated carbocycles. The van der Waals surface area contributed by atoms with Gasteiger partial charge in [-0.25, -0.2) is 0 Å². The van der Waals surface area contributed by atoms with Gasteiger partial charge in [0, 0.05) is 44.3 Å². The lowest BCUT2D eigenvalue weighted by atomic mass is 9.53. The Morgan fingerprint density at radius 2 is 1.87 bits per heavy atom. The molecule has 5 nitrogen and oxygen atoms in total. The van der Waals surface area contributed by atoms with E-state index in [4.69, 9.17) is 9.47 Å². The Balaban J connectivity index is 1.12. The molecule has 0 bridgehead atoms. The Bertz CT molecular complexity index is 802. The third-order valence-corrected chi connectivity index (χ3v) is 9.03. The Labute approximate surface area is 179 Å². The van der Waals surface area contributed by atoms with Crippen LogP contribution in [0.4, 0.5) is 5.69 Å². The van der Waals surface area contributed by atoms with Crippen molar-refractivity contribution in [3.63, 3.8) is 0 Å². The van der Waals surface area contributed by atoms with Gasteiger partial charge in [-0.3, -0.25) is 9.69 Å². The van der Waals surface area contributed by atoms with Crippen molar-refractivity contribution >= 4 is 11.7 Å². The van der Waals surface area contributed by atoms with Crippen LogP contribution in [0.1, 0.15) is 39.0 Å². The summed E-state index contributed by atoms with van der Waals surface area (Å²) in [5.74, 6) is 1.08. The van der Waals surface area contributed by atoms with E-state index in [1.807, 2.05) is 0 Å². The zero-order chi connectivity index (χ0) is 20.3. The number of esters is 1. The zero-order valence-corrected chi connectivity index (χ0v) is 18.1. The van der Waals surface area contributed by atoms with Gasteiger partial charge in [-0.1, -0.05) is 25.1 Å². The Hall–Kier alpha value is -1.59. The maximum Gasteiger partial charge on any atom is 0.310 e. The molecular weight excluding hydrogens is 376 g/mol. The van der Waals surface area contributed by atoms with Crippen molar-refractivity contribution in [2.24, 2.45) is 23.2 Å². The number of fused-ring (bicyclic) bond motifs is 3. The highest BCUT2D eigenvalue weighted by atomic mass is 16.6. The van der Waals surface area contributed by atoms with E-state index in [9.17, 15) is 4.79 Å². The predicted molar refractivity (Wildman–Crippen MR) is 115 cm³/mol. The summed E-state index contributed by atoms with van der Waals surface area (Å²) in [6, 6.07) is 10.7. The van der Waals surface area contributed by atoms with Crippen LogP contribution >= 0.6 is 0 Å². The van der Waals surface area contributed by atoms with Crippen molar-refractivity contribution in [1.82, 2.24) is 4.90 Å². The molecule has 2 aliphatic carbocycles. The first kappa shape index (κ1) is 19.1. The van der Waals surface area contributed by atoms with Gasteiger partial charge >= 0.3 is 5.97 Å². The van der Waals surface area contributed by atoms with E-state index in [0.29, 0.717) is 11.8 Å². The van der Waals surface area contributed by atoms with Gasteiger partial charge in [0.15, 0.2) is 0 Å². The first-order chi connectivity index (χ1) is 14.6. The fraction of sp³-hybridized carbons (Fsp3) is 0.720. The highest BCUT2D eigenvalue weighted by Crippen LogP contribution is 2.62. The number of carbonyl (C=O) groups excluding carboxylic acids is 1. The molecule has 162 valence electrons. The van der Waals surface area contributed by atoms with Gasteiger partial charge in [0.25, 0.3) is 0 Å². The molecule has 30 heavy (non-hydrogen) atoms. The van der Waals surface area contributed by atoms with Crippen LogP contribution in [-0.2, 0) is 14.3 Å². The van der Waals surface area contributed by atoms with E-state index in [0.717, 1.165) is 52.2 Å². The van der Waals surface area contributed by atoms with Crippen LogP contribution in [0.15, 0.2) is 30.3 Å². The summed E-state index contributed by atoms with van der Waals surface area (Å²) in [6.45, 7) is 8.31. The molecule has 3 heterocycles. The normalized spacial score (nSPS) is 43.2. The number of para-hydroxylation sites is 1. The molecule has 1 aromatic carbocycles. The standard InChI is InChI=1S/C25H34N2O3/c1-24-8-5-9-25(17-29-25)22(24)14-19-20(23(28)30-21(19)15-24)16-26-10-12-27(13-11-26)18-6-3-2-4-7-18/h2-4,6-7,19-22H,5,8-17H2,1H3/t19-,20-,21-,22-,24-,25-/m1/s1. The van der Waals surface area contributed by atoms with Crippen molar-refractivity contribution in [3.8, 4) is 0 Å². The van der Waals surface area contributed by atoms with Gasteiger partial charge in [0.2, 0.25) is 0 Å². The number of carbonyl (C=O) groups is 1. The molecule has 0 aromatic heterocycles. The maximum absolute atomic E-state index is 12.9. The zero-order valence-electron chi connectivity index (χ0n) is 18.1. The predicted octanol–water partition coefficient (Wildman–Crippen LogP) is 3.34. The number of epoxide rings is 1. The lowest BCUT2D eigenvalue weighted by Gasteiger charge is -2.51. The minimum absolute atomic E-state index is 0.0422. The summed E-state index contributed by atoms with van der Waals surface area (Å²) in [6.07, 6.45) is 6.01. The number of ether oxygens (including phenoxy) is 2. The molecule has 5 aliphatic rings. The molecule has 3 aliphatic heterocycles. The largest absolute Gasteiger partial charge is 0.462 e. The molecule has 1 aromatic rings. The molecular formula is C25H34N2O3. The highest BCUT2D eigenvalue weighted by Gasteiger charge is 2.65. The van der Waals surface area contributed by atoms with Crippen LogP contribution in [0.3, 0.4) is 0 Å². The average Bonchev–Trinajstić information content (AvgIpc) is 3.46. The number of benzene rings is 1. The third kappa shape index (κ3) is 3.08. The molecule has 0 radical (unpaired) electrons. The molecule has 3 saturated heterocycles. The summed E-state index contributed by atoms with van der Waals surface area (Å²) < 4.78 is 12.0. The Morgan fingerprint density at radius 3 is 2.60 bits per heavy atom. The van der Waals surface area contributed by atoms with Gasteiger partial charge in [-0.2, -0.15) is 0 Å². The number of anilines is 1. The van der Waals surface area contributed by atoms with Gasteiger partial charge in [-0.15, -0.1) is 0 Å². The SMILES string of the molecule is C[C@]12CCC[C@@]3(CO3)[C@@H]1C[C@H]1[C@@H](C2)OC(=O)[C@@H]1CN1CCN(c2ccccc2)CC1. The number of hydrogen-bond acceptors (Lipinski definition) is 5. The van der Waals surface area contributed by atoms with Gasteiger partial charge < -0.3 is 14.4 Å². The van der Waals surface area contributed by atoms with Crippen molar-refractivity contribution < 1.29 is 14.3 Å². The Morgan fingerprint density at radius 1 is 1.10 bits per heavy atom. The van der Waals surface area contributed by atoms with Crippen LogP contribution in [0, 0.1) is 23.2 Å². The molecule has 6 atom stereocenters. The van der Waals surface area contributed by atoms with E-state index in [1.54, 1.807) is 0 Å². The van der Waals surface area contributed by atoms with Crippen molar-refractivity contribution in [3.05, 3.63) is 30.3 Å². The second-order valence-electron chi connectivity index (χ2n) is 10.7. The van der Waals surface area contributed by atoms with Crippen molar-refractivity contribution in [2.75, 3.05) is 44.2 Å². The highest BCUT2D eigenvalue weighted by molar-refractivity contribution is 5.75. The number of piperazine rings is 1. The summed E-state index contributed by atoms with van der Waals surface area (Å²) in [7, 11) is 0. The monoisotopic (exact) mass is 410 g/mol. The minimum atomic E-state index is 0.0422. The van der Waals surface area contributed by atoms with Gasteiger partial charge in [-0.05, 0) is 55.6 Å². The van der Waals surface area contributed by atoms with Crippen LogP contribution in [-0.4, -0.2) is 61.9 Å². The summed E-state index contributed by atoms with van der Waals surface area (Å²) in [5, 5.41) is 0. The summed E-state index contributed by atoms with van der Waals surface area (Å²) >= 11 is 0. The lowest BCUT2D eigenvalue weighted by Crippen LogP contribution is -2.52. The maximum atomic E-state index is 12.9. The van der Waals surface area contributed by atoms with Crippen molar-refractivity contribution in [2.45, 2.75) is 50.7 Å². The van der Waals surface area contributed by atoms with Crippen LogP contribution in [0.5, 0.6) is 0 Å². The number of rotatable bonds is 3. The fourth-order valence-corrected chi connectivity index (χ4v) is 7.27. The first-order valence-corrected chi connectivity index (χ1v) is 11.9. The smallest absolute Gasteiger partial charge is 0.310 e. The second kappa shape index (κ2) is 6.96. The quantitative estimate of drug-likeness (QED) is 0.565. The van der Waals surface area contributed by atoms with Gasteiger partial charge in [0.1, 0.15) is 6.10 Å². The average molecular weight is 411 g/mol. The molecule has 6 rings (SSSR count). The molecule has 0 unspecified atom stereocenters. The summed E-state index contributed by atoms with van der Waals surface area (Å²) in [5.41, 5.74) is 1.72. The molecule has 5 heteroatoms. The fourth-order valence-electron chi connectivity index (χ4n) is 7.27. The second-order valence-corrected chi connectivity index (χ2v) is 10.7. The van der Waals surface area contributed by atoms with E-state index < -0.39 is 0 Å². The first-order valence-electron chi connectivity index (χ1n) is 11.9. The van der Waals surface area contributed by atoms with Gasteiger partial charge in [0.05, 0.1) is 18.1 Å². The van der Waals surface area contributed by atoms with E-state index >= 15 is 0 Å². The number of nitrogens with zero attached hydrogens (tertiary/aromatic N) is 2. The van der Waals surface area contributed by atoms with E-state index in [2.05, 4.69) is 47.1 Å². The molecule has 0 amide bonds. The van der Waals surface area contributed by atoms with Crippen molar-refractivity contribution in [1.29, 1.82) is 0 Å². The minimum Gasteiger partial charge on any atom is -0.462 e. The Kier molecular flexibility index (Phi) is 4.44. The number of hydrogen-bond donors (Lipinski definition) is 0. The van der Waals surface area contributed by atoms with E-state index in [-0.39, 0.29) is 29.0 Å². The molecule has 5 fully saturated rings. The van der Waals surface area contributed by atoms with Crippen LogP contribution < -0.4 is 4.90 Å². The molecule has 0 N–H and O–H groups in total. The molecule has 1 spiro atoms. The van der Waals surface area contributed by atoms with E-state index in [1.165, 1.54) is 24.9 Å². The topological polar surface area (TPSA) is 45.3 Å². The third-order valence-electron chi connectivity index (χ3n) is 9.03. The van der Waals surface area contributed by atoms with Crippen LogP contribution in [0.25, 0.3) is 0 Å².